The van der Waals surface area contributed by atoms with Gasteiger partial charge in [0.15, 0.2) is 28.5 Å². The number of anilines is 2. The fraction of sp³-hybridized carbons (Fsp3) is 0.389. The van der Waals surface area contributed by atoms with E-state index in [1.807, 2.05) is 4.57 Å². The van der Waals surface area contributed by atoms with Gasteiger partial charge < -0.3 is 24.3 Å². The van der Waals surface area contributed by atoms with Crippen molar-refractivity contribution in [1.82, 2.24) is 19.5 Å². The van der Waals surface area contributed by atoms with Crippen LogP contribution in [0, 0.1) is 0 Å². The summed E-state index contributed by atoms with van der Waals surface area (Å²) in [7, 11) is 4.67. The number of hydrogen-bond acceptors (Lipinski definition) is 8. The second-order valence-corrected chi connectivity index (χ2v) is 6.51. The van der Waals surface area contributed by atoms with E-state index in [4.69, 9.17) is 30.5 Å². The first-order valence-electron chi connectivity index (χ1n) is 8.73. The highest BCUT2D eigenvalue weighted by Gasteiger charge is 2.22. The van der Waals surface area contributed by atoms with Crippen LogP contribution in [0.1, 0.15) is 19.1 Å². The summed E-state index contributed by atoms with van der Waals surface area (Å²) in [5.74, 6) is 2.02. The van der Waals surface area contributed by atoms with Crippen LogP contribution in [-0.2, 0) is 4.74 Å². The van der Waals surface area contributed by atoms with Gasteiger partial charge >= 0.3 is 0 Å². The molecule has 0 aliphatic carbocycles. The van der Waals surface area contributed by atoms with E-state index in [0.29, 0.717) is 39.9 Å². The van der Waals surface area contributed by atoms with Gasteiger partial charge in [0, 0.05) is 24.4 Å². The quantitative estimate of drug-likeness (QED) is 0.622. The summed E-state index contributed by atoms with van der Waals surface area (Å²) in [4.78, 5) is 13.1. The van der Waals surface area contributed by atoms with Gasteiger partial charge in [-0.3, -0.25) is 4.57 Å². The number of hydrogen-bond donors (Lipinski definition) is 1. The minimum atomic E-state index is -0.0926. The number of imidazole rings is 1. The van der Waals surface area contributed by atoms with Crippen LogP contribution < -0.4 is 19.5 Å². The van der Waals surface area contributed by atoms with E-state index >= 15 is 0 Å². The Hall–Kier alpha value is -2.78. The molecule has 1 aliphatic heterocycles. The first-order valence-corrected chi connectivity index (χ1v) is 9.11. The fourth-order valence-corrected chi connectivity index (χ4v) is 3.42. The predicted molar refractivity (Wildman–Crippen MR) is 104 cm³/mol. The van der Waals surface area contributed by atoms with E-state index < -0.39 is 0 Å². The number of aromatic nitrogens is 4. The Morgan fingerprint density at radius 1 is 1.14 bits per heavy atom. The number of ether oxygens (including phenoxy) is 4. The minimum Gasteiger partial charge on any atom is -0.493 e. The SMILES string of the molecule is COc1cc(Nc2nc(Cl)nc3c2ncn3C2CCCO2)cc(OC)c1OC. The van der Waals surface area contributed by atoms with Gasteiger partial charge in [-0.2, -0.15) is 9.97 Å². The van der Waals surface area contributed by atoms with Crippen molar-refractivity contribution in [1.29, 1.82) is 0 Å². The Balaban J connectivity index is 1.76. The first kappa shape index (κ1) is 18.6. The van der Waals surface area contributed by atoms with Crippen LogP contribution >= 0.6 is 11.6 Å². The smallest absolute Gasteiger partial charge is 0.226 e. The molecule has 28 heavy (non-hydrogen) atoms. The first-order chi connectivity index (χ1) is 13.6. The number of benzene rings is 1. The monoisotopic (exact) mass is 405 g/mol. The molecule has 1 saturated heterocycles. The van der Waals surface area contributed by atoms with Gasteiger partial charge in [-0.25, -0.2) is 4.98 Å². The third-order valence-corrected chi connectivity index (χ3v) is 4.71. The molecule has 4 rings (SSSR count). The normalized spacial score (nSPS) is 16.4. The number of nitrogens with zero attached hydrogens (tertiary/aromatic N) is 4. The van der Waals surface area contributed by atoms with Crippen LogP contribution in [-0.4, -0.2) is 47.5 Å². The molecule has 10 heteroatoms. The molecule has 1 N–H and O–H groups in total. The molecule has 1 unspecified atom stereocenters. The van der Waals surface area contributed by atoms with Crippen molar-refractivity contribution in [3.63, 3.8) is 0 Å². The molecule has 0 amide bonds. The van der Waals surface area contributed by atoms with Gasteiger partial charge in [0.1, 0.15) is 6.23 Å². The minimum absolute atomic E-state index is 0.0926. The van der Waals surface area contributed by atoms with Crippen LogP contribution in [0.2, 0.25) is 5.28 Å². The van der Waals surface area contributed by atoms with Gasteiger partial charge in [0.05, 0.1) is 27.7 Å². The molecule has 1 aromatic carbocycles. The zero-order chi connectivity index (χ0) is 19.7. The van der Waals surface area contributed by atoms with Crippen LogP contribution in [0.4, 0.5) is 11.5 Å². The lowest BCUT2D eigenvalue weighted by molar-refractivity contribution is 0.0593. The molecule has 1 fully saturated rings. The average Bonchev–Trinajstić information content (AvgIpc) is 3.36. The number of fused-ring (bicyclic) bond motifs is 1. The molecular formula is C18H20ClN5O4. The van der Waals surface area contributed by atoms with Crippen molar-refractivity contribution in [3.8, 4) is 17.2 Å². The lowest BCUT2D eigenvalue weighted by atomic mass is 10.2. The zero-order valence-corrected chi connectivity index (χ0v) is 16.5. The molecule has 1 atom stereocenters. The maximum Gasteiger partial charge on any atom is 0.226 e. The van der Waals surface area contributed by atoms with E-state index in [1.165, 1.54) is 0 Å². The molecular weight excluding hydrogens is 386 g/mol. The molecule has 0 saturated carbocycles. The maximum atomic E-state index is 6.18. The predicted octanol–water partition coefficient (Wildman–Crippen LogP) is 3.56. The summed E-state index contributed by atoms with van der Waals surface area (Å²) < 4.78 is 23.8. The number of nitrogens with one attached hydrogen (secondary N) is 1. The molecule has 0 spiro atoms. The Bertz CT molecular complexity index is 978. The number of rotatable bonds is 6. The van der Waals surface area contributed by atoms with Crippen molar-refractivity contribution in [2.24, 2.45) is 0 Å². The van der Waals surface area contributed by atoms with Gasteiger partial charge in [-0.15, -0.1) is 0 Å². The molecule has 9 nitrogen and oxygen atoms in total. The number of halogens is 1. The second kappa shape index (κ2) is 7.69. The molecule has 0 bridgehead atoms. The summed E-state index contributed by atoms with van der Waals surface area (Å²) in [6.45, 7) is 0.722. The van der Waals surface area contributed by atoms with Crippen molar-refractivity contribution < 1.29 is 18.9 Å². The molecule has 1 aliphatic rings. The van der Waals surface area contributed by atoms with Crippen molar-refractivity contribution in [3.05, 3.63) is 23.7 Å². The summed E-state index contributed by atoms with van der Waals surface area (Å²) in [5.41, 5.74) is 1.88. The molecule has 3 heterocycles. The Morgan fingerprint density at radius 2 is 1.89 bits per heavy atom. The van der Waals surface area contributed by atoms with E-state index in [9.17, 15) is 0 Å². The van der Waals surface area contributed by atoms with Gasteiger partial charge in [0.2, 0.25) is 11.0 Å². The highest BCUT2D eigenvalue weighted by Crippen LogP contribution is 2.41. The van der Waals surface area contributed by atoms with Crippen LogP contribution in [0.15, 0.2) is 18.5 Å². The standard InChI is InChI=1S/C18H20ClN5O4/c1-25-11-7-10(8-12(26-2)15(11)27-3)21-16-14-17(23-18(19)22-16)24(9-20-14)13-5-4-6-28-13/h7-9,13H,4-6H2,1-3H3,(H,21,22,23). The van der Waals surface area contributed by atoms with Crippen LogP contribution in [0.25, 0.3) is 11.2 Å². The molecule has 3 aromatic rings. The highest BCUT2D eigenvalue weighted by molar-refractivity contribution is 6.28. The Morgan fingerprint density at radius 3 is 2.50 bits per heavy atom. The van der Waals surface area contributed by atoms with E-state index in [2.05, 4.69) is 20.3 Å². The fourth-order valence-electron chi connectivity index (χ4n) is 3.26. The lowest BCUT2D eigenvalue weighted by Gasteiger charge is -2.15. The van der Waals surface area contributed by atoms with Crippen molar-refractivity contribution in [2.75, 3.05) is 33.3 Å². The molecule has 148 valence electrons. The summed E-state index contributed by atoms with van der Waals surface area (Å²) >= 11 is 6.18. The van der Waals surface area contributed by atoms with Gasteiger partial charge in [0.25, 0.3) is 0 Å². The van der Waals surface area contributed by atoms with Gasteiger partial charge in [-0.05, 0) is 24.4 Å². The third kappa shape index (κ3) is 3.27. The van der Waals surface area contributed by atoms with E-state index in [1.54, 1.807) is 39.8 Å². The Labute approximate surface area is 166 Å². The molecule has 2 aromatic heterocycles. The second-order valence-electron chi connectivity index (χ2n) is 6.17. The summed E-state index contributed by atoms with van der Waals surface area (Å²) in [6, 6.07) is 3.56. The van der Waals surface area contributed by atoms with Crippen LogP contribution in [0.3, 0.4) is 0 Å². The summed E-state index contributed by atoms with van der Waals surface area (Å²) in [5, 5.41) is 3.34. The average molecular weight is 406 g/mol. The topological polar surface area (TPSA) is 92.6 Å². The highest BCUT2D eigenvalue weighted by atomic mass is 35.5. The maximum absolute atomic E-state index is 6.18. The van der Waals surface area contributed by atoms with E-state index in [0.717, 1.165) is 19.4 Å². The van der Waals surface area contributed by atoms with E-state index in [-0.39, 0.29) is 11.5 Å². The molecule has 0 radical (unpaired) electrons. The third-order valence-electron chi connectivity index (χ3n) is 4.54. The number of methoxy groups -OCH3 is 3. The van der Waals surface area contributed by atoms with Crippen molar-refractivity contribution >= 4 is 34.3 Å². The lowest BCUT2D eigenvalue weighted by Crippen LogP contribution is -2.07. The largest absolute Gasteiger partial charge is 0.493 e. The van der Waals surface area contributed by atoms with Crippen molar-refractivity contribution in [2.45, 2.75) is 19.1 Å². The zero-order valence-electron chi connectivity index (χ0n) is 15.7. The Kier molecular flexibility index (Phi) is 5.10. The van der Waals surface area contributed by atoms with Gasteiger partial charge in [-0.1, -0.05) is 0 Å². The van der Waals surface area contributed by atoms with Crippen LogP contribution in [0.5, 0.6) is 17.2 Å². The summed E-state index contributed by atoms with van der Waals surface area (Å²) in [6.07, 6.45) is 3.51.